The summed E-state index contributed by atoms with van der Waals surface area (Å²) < 4.78 is 41.0. The van der Waals surface area contributed by atoms with E-state index >= 15 is 0 Å². The van der Waals surface area contributed by atoms with Crippen LogP contribution in [-0.4, -0.2) is 58.5 Å². The summed E-state index contributed by atoms with van der Waals surface area (Å²) in [4.78, 5) is 28.7. The molecule has 226 valence electrons. The minimum absolute atomic E-state index is 0.00895. The third kappa shape index (κ3) is 8.25. The second-order valence-corrected chi connectivity index (χ2v) is 12.6. The van der Waals surface area contributed by atoms with Crippen molar-refractivity contribution < 1.29 is 27.5 Å². The van der Waals surface area contributed by atoms with E-state index in [4.69, 9.17) is 9.47 Å². The molecule has 0 spiro atoms. The average molecular weight is 661 g/mol. The van der Waals surface area contributed by atoms with Gasteiger partial charge in [0.05, 0.1) is 24.8 Å². The highest BCUT2D eigenvalue weighted by Gasteiger charge is 2.34. The zero-order chi connectivity index (χ0) is 30.9. The number of halogens is 1. The maximum Gasteiger partial charge on any atom is 0.264 e. The normalized spacial score (nSPS) is 11.9. The zero-order valence-electron chi connectivity index (χ0n) is 24.6. The lowest BCUT2D eigenvalue weighted by molar-refractivity contribution is -0.139. The Morgan fingerprint density at radius 2 is 1.71 bits per heavy atom. The van der Waals surface area contributed by atoms with Crippen LogP contribution in [0.4, 0.5) is 5.69 Å². The number of unbranched alkanes of at least 4 members (excludes halogenated alkanes) is 1. The number of aryl methyl sites for hydroxylation is 1. The van der Waals surface area contributed by atoms with Crippen LogP contribution in [0.25, 0.3) is 0 Å². The van der Waals surface area contributed by atoms with Crippen molar-refractivity contribution in [2.45, 2.75) is 51.1 Å². The maximum absolute atomic E-state index is 14.1. The van der Waals surface area contributed by atoms with Gasteiger partial charge in [-0.25, -0.2) is 8.42 Å². The third-order valence-corrected chi connectivity index (χ3v) is 9.05. The minimum Gasteiger partial charge on any atom is -0.497 e. The fraction of sp³-hybridized carbons (Fsp3) is 0.355. The number of carbonyl (C=O) groups is 2. The smallest absolute Gasteiger partial charge is 0.264 e. The first-order valence-corrected chi connectivity index (χ1v) is 15.9. The standard InChI is InChI=1S/C31H38BrN3O6S/c1-6-7-17-33-31(37)23(3)34(20-24-9-8-10-25(32)18-24)30(36)21-35(28-19-26(40-4)13-16-29(28)41-5)42(38,39)27-14-11-22(2)12-15-27/h8-16,18-19,23H,6-7,17,20-21H2,1-5H3,(H,33,37)/t23-/m0/s1. The van der Waals surface area contributed by atoms with Crippen molar-refractivity contribution in [3.8, 4) is 11.5 Å². The SMILES string of the molecule is CCCCNC(=O)[C@H](C)N(Cc1cccc(Br)c1)C(=O)CN(c1cc(OC)ccc1OC)S(=O)(=O)c1ccc(C)cc1. The van der Waals surface area contributed by atoms with Gasteiger partial charge in [0.2, 0.25) is 11.8 Å². The third-order valence-electron chi connectivity index (χ3n) is 6.78. The second-order valence-electron chi connectivity index (χ2n) is 9.83. The van der Waals surface area contributed by atoms with Crippen LogP contribution in [0.5, 0.6) is 11.5 Å². The van der Waals surface area contributed by atoms with Crippen LogP contribution >= 0.6 is 15.9 Å². The second kappa shape index (κ2) is 15.1. The summed E-state index contributed by atoms with van der Waals surface area (Å²) >= 11 is 3.46. The molecular weight excluding hydrogens is 622 g/mol. The van der Waals surface area contributed by atoms with Crippen LogP contribution in [-0.2, 0) is 26.2 Å². The van der Waals surface area contributed by atoms with Gasteiger partial charge in [-0.3, -0.25) is 13.9 Å². The van der Waals surface area contributed by atoms with E-state index in [-0.39, 0.29) is 28.8 Å². The van der Waals surface area contributed by atoms with E-state index in [1.54, 1.807) is 31.2 Å². The predicted molar refractivity (Wildman–Crippen MR) is 167 cm³/mol. The number of hydrogen-bond donors (Lipinski definition) is 1. The Labute approximate surface area is 257 Å². The lowest BCUT2D eigenvalue weighted by atomic mass is 10.1. The molecule has 0 saturated heterocycles. The number of carbonyl (C=O) groups excluding carboxylic acids is 2. The van der Waals surface area contributed by atoms with Gasteiger partial charge in [0.1, 0.15) is 24.1 Å². The summed E-state index contributed by atoms with van der Waals surface area (Å²) in [6.07, 6.45) is 1.71. The molecule has 0 heterocycles. The molecule has 0 bridgehead atoms. The molecule has 42 heavy (non-hydrogen) atoms. The summed E-state index contributed by atoms with van der Waals surface area (Å²) in [5, 5.41) is 2.89. The van der Waals surface area contributed by atoms with Gasteiger partial charge < -0.3 is 19.7 Å². The monoisotopic (exact) mass is 659 g/mol. The van der Waals surface area contributed by atoms with E-state index in [1.165, 1.54) is 37.3 Å². The van der Waals surface area contributed by atoms with Crippen LogP contribution < -0.4 is 19.1 Å². The molecule has 1 N–H and O–H groups in total. The Hall–Kier alpha value is -3.57. The van der Waals surface area contributed by atoms with Crippen molar-refractivity contribution in [2.24, 2.45) is 0 Å². The highest BCUT2D eigenvalue weighted by molar-refractivity contribution is 9.10. The van der Waals surface area contributed by atoms with Gasteiger partial charge in [-0.1, -0.05) is 59.1 Å². The van der Waals surface area contributed by atoms with Gasteiger partial charge in [0.15, 0.2) is 0 Å². The van der Waals surface area contributed by atoms with E-state index < -0.39 is 28.5 Å². The van der Waals surface area contributed by atoms with Gasteiger partial charge >= 0.3 is 0 Å². The largest absolute Gasteiger partial charge is 0.497 e. The predicted octanol–water partition coefficient (Wildman–Crippen LogP) is 5.30. The number of rotatable bonds is 14. The summed E-state index contributed by atoms with van der Waals surface area (Å²) in [6.45, 7) is 5.51. The highest BCUT2D eigenvalue weighted by Crippen LogP contribution is 2.36. The first-order chi connectivity index (χ1) is 20.0. The Bertz CT molecular complexity index is 1480. The number of methoxy groups -OCH3 is 2. The Kier molecular flexibility index (Phi) is 11.8. The van der Waals surface area contributed by atoms with Gasteiger partial charge in [0.25, 0.3) is 10.0 Å². The molecule has 1 atom stereocenters. The van der Waals surface area contributed by atoms with Crippen molar-refractivity contribution >= 4 is 43.5 Å². The summed E-state index contributed by atoms with van der Waals surface area (Å²) in [5.41, 5.74) is 1.80. The molecule has 2 amide bonds. The zero-order valence-corrected chi connectivity index (χ0v) is 27.0. The van der Waals surface area contributed by atoms with Crippen molar-refractivity contribution in [3.63, 3.8) is 0 Å². The van der Waals surface area contributed by atoms with Gasteiger partial charge in [-0.05, 0) is 62.2 Å². The lowest BCUT2D eigenvalue weighted by Gasteiger charge is -2.32. The van der Waals surface area contributed by atoms with Crippen LogP contribution in [0.1, 0.15) is 37.8 Å². The molecular formula is C31H38BrN3O6S. The first kappa shape index (κ1) is 32.9. The van der Waals surface area contributed by atoms with Crippen LogP contribution in [0.2, 0.25) is 0 Å². The molecule has 3 aromatic rings. The molecule has 9 nitrogen and oxygen atoms in total. The van der Waals surface area contributed by atoms with E-state index in [2.05, 4.69) is 21.2 Å². The van der Waals surface area contributed by atoms with Crippen molar-refractivity contribution in [3.05, 3.63) is 82.3 Å². The number of benzene rings is 3. The van der Waals surface area contributed by atoms with Crippen LogP contribution in [0, 0.1) is 6.92 Å². The Balaban J connectivity index is 2.09. The van der Waals surface area contributed by atoms with Crippen molar-refractivity contribution in [1.82, 2.24) is 10.2 Å². The van der Waals surface area contributed by atoms with E-state index in [0.717, 1.165) is 32.7 Å². The number of ether oxygens (including phenoxy) is 2. The highest BCUT2D eigenvalue weighted by atomic mass is 79.9. The van der Waals surface area contributed by atoms with Crippen molar-refractivity contribution in [1.29, 1.82) is 0 Å². The summed E-state index contributed by atoms with van der Waals surface area (Å²) in [6, 6.07) is 17.6. The molecule has 0 aromatic heterocycles. The fourth-order valence-corrected chi connectivity index (χ4v) is 6.16. The maximum atomic E-state index is 14.1. The summed E-state index contributed by atoms with van der Waals surface area (Å²) in [7, 11) is -1.37. The quantitative estimate of drug-likeness (QED) is 0.235. The first-order valence-electron chi connectivity index (χ1n) is 13.6. The molecule has 0 fully saturated rings. The summed E-state index contributed by atoms with van der Waals surface area (Å²) in [5.74, 6) is -0.257. The number of sulfonamides is 1. The number of nitrogens with zero attached hydrogens (tertiary/aromatic N) is 2. The number of anilines is 1. The number of nitrogens with one attached hydrogen (secondary N) is 1. The van der Waals surface area contributed by atoms with Crippen molar-refractivity contribution in [2.75, 3.05) is 31.6 Å². The number of amides is 2. The molecule has 0 aliphatic carbocycles. The van der Waals surface area contributed by atoms with Crippen LogP contribution in [0.15, 0.2) is 76.1 Å². The molecule has 3 rings (SSSR count). The van der Waals surface area contributed by atoms with E-state index in [9.17, 15) is 18.0 Å². The van der Waals surface area contributed by atoms with Crippen LogP contribution in [0.3, 0.4) is 0 Å². The van der Waals surface area contributed by atoms with E-state index in [0.29, 0.717) is 12.3 Å². The number of hydrogen-bond acceptors (Lipinski definition) is 6. The minimum atomic E-state index is -4.26. The topological polar surface area (TPSA) is 105 Å². The Morgan fingerprint density at radius 3 is 2.33 bits per heavy atom. The molecule has 11 heteroatoms. The van der Waals surface area contributed by atoms with E-state index in [1.807, 2.05) is 38.1 Å². The molecule has 0 saturated carbocycles. The molecule has 0 aliphatic heterocycles. The molecule has 3 aromatic carbocycles. The van der Waals surface area contributed by atoms with Gasteiger partial charge in [0, 0.05) is 23.6 Å². The van der Waals surface area contributed by atoms with Gasteiger partial charge in [-0.2, -0.15) is 0 Å². The van der Waals surface area contributed by atoms with Gasteiger partial charge in [-0.15, -0.1) is 0 Å². The Morgan fingerprint density at radius 1 is 1.00 bits per heavy atom. The molecule has 0 radical (unpaired) electrons. The molecule has 0 unspecified atom stereocenters. The average Bonchev–Trinajstić information content (AvgIpc) is 2.98. The fourth-order valence-electron chi connectivity index (χ4n) is 4.29. The lowest BCUT2D eigenvalue weighted by Crippen LogP contribution is -2.51. The molecule has 0 aliphatic rings.